The molecular formula is C18H28N2O6S. The maximum absolute atomic E-state index is 11.8. The first-order chi connectivity index (χ1) is 12.9. The molecule has 152 valence electrons. The van der Waals surface area contributed by atoms with Gasteiger partial charge in [0, 0.05) is 38.6 Å². The molecule has 1 fully saturated rings. The van der Waals surface area contributed by atoms with Crippen LogP contribution in [0.15, 0.2) is 34.3 Å². The summed E-state index contributed by atoms with van der Waals surface area (Å²) in [5, 5.41) is 3.95. The number of nitrogens with two attached hydrogens (primary N) is 1. The summed E-state index contributed by atoms with van der Waals surface area (Å²) in [6.07, 6.45) is 2.97. The van der Waals surface area contributed by atoms with E-state index in [1.807, 2.05) is 0 Å². The lowest BCUT2D eigenvalue weighted by Gasteiger charge is -2.32. The highest BCUT2D eigenvalue weighted by Gasteiger charge is 2.26. The van der Waals surface area contributed by atoms with Crippen molar-refractivity contribution in [1.82, 2.24) is 0 Å². The molecule has 1 aliphatic carbocycles. The average molecular weight is 400 g/mol. The number of hydrogen-bond donors (Lipinski definition) is 3. The normalized spacial score (nSPS) is 21.3. The fraction of sp³-hybridized carbons (Fsp3) is 0.556. The van der Waals surface area contributed by atoms with E-state index in [0.717, 1.165) is 12.8 Å². The number of oxime groups is 1. The lowest BCUT2D eigenvalue weighted by molar-refractivity contribution is -0.112. The van der Waals surface area contributed by atoms with Crippen LogP contribution in [-0.4, -0.2) is 59.5 Å². The van der Waals surface area contributed by atoms with Gasteiger partial charge < -0.3 is 20.0 Å². The summed E-state index contributed by atoms with van der Waals surface area (Å²) < 4.78 is 30.8. The molecule has 0 aromatic heterocycles. The number of nitrogens with zero attached hydrogens (tertiary/aromatic N) is 1. The summed E-state index contributed by atoms with van der Waals surface area (Å²) in [7, 11) is 0.312. The molecule has 0 saturated heterocycles. The number of carbonyl (C=O) groups is 1. The fourth-order valence-corrected chi connectivity index (χ4v) is 4.26. The van der Waals surface area contributed by atoms with Crippen molar-refractivity contribution >= 4 is 22.2 Å². The van der Waals surface area contributed by atoms with Crippen LogP contribution in [-0.2, 0) is 19.1 Å². The maximum atomic E-state index is 11.8. The number of methoxy groups -OCH3 is 2. The molecule has 8 nitrogen and oxygen atoms in total. The zero-order valence-electron chi connectivity index (χ0n) is 15.7. The predicted octanol–water partition coefficient (Wildman–Crippen LogP) is 2.61. The maximum Gasteiger partial charge on any atom is 0.271 e. The van der Waals surface area contributed by atoms with Gasteiger partial charge in [-0.3, -0.25) is 13.9 Å². The Labute approximate surface area is 161 Å². The van der Waals surface area contributed by atoms with Crippen molar-refractivity contribution in [2.45, 2.75) is 42.8 Å². The highest BCUT2D eigenvalue weighted by atomic mass is 32.3. The minimum Gasteiger partial charge on any atom is -0.392 e. The third-order valence-electron chi connectivity index (χ3n) is 4.48. The zero-order valence-corrected chi connectivity index (χ0v) is 16.5. The Bertz CT molecular complexity index is 650. The molecule has 0 bridgehead atoms. The van der Waals surface area contributed by atoms with Crippen LogP contribution in [0.5, 0.6) is 0 Å². The van der Waals surface area contributed by atoms with E-state index in [1.54, 1.807) is 38.5 Å². The van der Waals surface area contributed by atoms with E-state index in [4.69, 9.17) is 20.0 Å². The number of ether oxygens (including phenoxy) is 2. The molecule has 1 aromatic rings. The van der Waals surface area contributed by atoms with Crippen molar-refractivity contribution in [3.05, 3.63) is 29.8 Å². The van der Waals surface area contributed by atoms with E-state index in [-0.39, 0.29) is 23.7 Å². The number of rotatable bonds is 10. The second-order valence-corrected chi connectivity index (χ2v) is 8.66. The molecule has 0 aliphatic heterocycles. The molecule has 2 atom stereocenters. The molecule has 0 heterocycles. The third-order valence-corrected chi connectivity index (χ3v) is 6.36. The minimum absolute atomic E-state index is 0.00159. The van der Waals surface area contributed by atoms with Crippen molar-refractivity contribution in [2.75, 3.05) is 26.6 Å². The van der Waals surface area contributed by atoms with Gasteiger partial charge in [0.15, 0.2) is 5.71 Å². The Hall–Kier alpha value is -1.65. The molecule has 4 N–H and O–H groups in total. The van der Waals surface area contributed by atoms with Crippen LogP contribution >= 0.6 is 10.6 Å². The number of primary amides is 1. The molecule has 1 unspecified atom stereocenters. The van der Waals surface area contributed by atoms with E-state index >= 15 is 0 Å². The molecule has 1 aliphatic rings. The van der Waals surface area contributed by atoms with E-state index in [0.29, 0.717) is 29.9 Å². The molecule has 1 saturated carbocycles. The zero-order chi connectivity index (χ0) is 19.9. The van der Waals surface area contributed by atoms with E-state index in [2.05, 4.69) is 5.16 Å². The van der Waals surface area contributed by atoms with Crippen LogP contribution in [0.1, 0.15) is 31.2 Å². The Morgan fingerprint density at radius 1 is 1.22 bits per heavy atom. The van der Waals surface area contributed by atoms with E-state index in [9.17, 15) is 13.9 Å². The predicted molar refractivity (Wildman–Crippen MR) is 104 cm³/mol. The first-order valence-corrected chi connectivity index (χ1v) is 10.5. The molecule has 1 aromatic carbocycles. The van der Waals surface area contributed by atoms with E-state index < -0.39 is 16.5 Å². The largest absolute Gasteiger partial charge is 0.392 e. The summed E-state index contributed by atoms with van der Waals surface area (Å²) in [4.78, 5) is 17.6. The first kappa shape index (κ1) is 21.6. The van der Waals surface area contributed by atoms with Gasteiger partial charge in [-0.2, -0.15) is 10.6 Å². The topological polar surface area (TPSA) is 124 Å². The van der Waals surface area contributed by atoms with Gasteiger partial charge in [-0.1, -0.05) is 17.3 Å². The Morgan fingerprint density at radius 2 is 1.89 bits per heavy atom. The van der Waals surface area contributed by atoms with Gasteiger partial charge in [0.2, 0.25) is 0 Å². The second-order valence-electron chi connectivity index (χ2n) is 6.44. The van der Waals surface area contributed by atoms with Crippen molar-refractivity contribution in [2.24, 2.45) is 10.9 Å². The minimum atomic E-state index is -2.91. The molecule has 0 radical (unpaired) electrons. The van der Waals surface area contributed by atoms with E-state index in [1.165, 1.54) is 0 Å². The fourth-order valence-electron chi connectivity index (χ4n) is 2.93. The van der Waals surface area contributed by atoms with Gasteiger partial charge in [-0.15, -0.1) is 0 Å². The van der Waals surface area contributed by atoms with Gasteiger partial charge in [-0.25, -0.2) is 0 Å². The molecule has 27 heavy (non-hydrogen) atoms. The summed E-state index contributed by atoms with van der Waals surface area (Å²) in [6.45, 7) is 0.453. The monoisotopic (exact) mass is 400 g/mol. The highest BCUT2D eigenvalue weighted by molar-refractivity contribution is 8.24. The quantitative estimate of drug-likeness (QED) is 0.315. The smallest absolute Gasteiger partial charge is 0.271 e. The standard InChI is InChI=1S/C18H28N2O6S/c1-24-10-3-11-27(22,23)16-8-4-13(5-9-16)17(18(19)21)20-26-15-7-6-14(12-15)25-2/h4-5,8-9,14-15,22-23H,3,6-7,10-12H2,1-2H3,(H2,19,21)/b20-17+/t14?,15-/m1/s1. The van der Waals surface area contributed by atoms with Crippen LogP contribution in [0.4, 0.5) is 0 Å². The number of benzene rings is 1. The Morgan fingerprint density at radius 3 is 2.44 bits per heavy atom. The molecule has 9 heteroatoms. The van der Waals surface area contributed by atoms with Crippen LogP contribution in [0, 0.1) is 0 Å². The average Bonchev–Trinajstić information content (AvgIpc) is 3.10. The van der Waals surface area contributed by atoms with Crippen molar-refractivity contribution in [1.29, 1.82) is 0 Å². The number of hydrogen-bond acceptors (Lipinski definition) is 7. The molecule has 1 amide bonds. The van der Waals surface area contributed by atoms with Gasteiger partial charge in [0.25, 0.3) is 5.91 Å². The van der Waals surface area contributed by atoms with Crippen LogP contribution in [0.2, 0.25) is 0 Å². The first-order valence-electron chi connectivity index (χ1n) is 8.79. The number of carbonyl (C=O) groups excluding carboxylic acids is 1. The summed E-state index contributed by atoms with van der Waals surface area (Å²) in [5.74, 6) is -0.502. The van der Waals surface area contributed by atoms with Crippen LogP contribution < -0.4 is 5.73 Å². The van der Waals surface area contributed by atoms with Crippen molar-refractivity contribution in [3.8, 4) is 0 Å². The summed E-state index contributed by atoms with van der Waals surface area (Å²) >= 11 is 0. The highest BCUT2D eigenvalue weighted by Crippen LogP contribution is 2.48. The lowest BCUT2D eigenvalue weighted by Crippen LogP contribution is -2.25. The van der Waals surface area contributed by atoms with Gasteiger partial charge in [-0.05, 0) is 31.4 Å². The Balaban J connectivity index is 2.07. The third kappa shape index (κ3) is 6.18. The Kier molecular flexibility index (Phi) is 8.06. The summed E-state index contributed by atoms with van der Waals surface area (Å²) in [5.41, 5.74) is 5.89. The lowest BCUT2D eigenvalue weighted by atomic mass is 10.1. The molecule has 0 spiro atoms. The van der Waals surface area contributed by atoms with Crippen molar-refractivity contribution < 1.29 is 28.2 Å². The van der Waals surface area contributed by atoms with Gasteiger partial charge in [0.1, 0.15) is 6.10 Å². The van der Waals surface area contributed by atoms with Crippen LogP contribution in [0.25, 0.3) is 0 Å². The van der Waals surface area contributed by atoms with Crippen LogP contribution in [0.3, 0.4) is 0 Å². The second kappa shape index (κ2) is 10.0. The van der Waals surface area contributed by atoms with Crippen molar-refractivity contribution in [3.63, 3.8) is 0 Å². The SMILES string of the molecule is COCCCS(O)(O)c1ccc(/C(=N\O[C@@H]2CCC(OC)C2)C(N)=O)cc1. The summed E-state index contributed by atoms with van der Waals surface area (Å²) in [6, 6.07) is 6.29. The number of amides is 1. The van der Waals surface area contributed by atoms with Gasteiger partial charge >= 0.3 is 0 Å². The molecule has 2 rings (SSSR count). The van der Waals surface area contributed by atoms with Gasteiger partial charge in [0.05, 0.1) is 11.0 Å². The molecular weight excluding hydrogens is 372 g/mol.